The van der Waals surface area contributed by atoms with Crippen molar-refractivity contribution in [2.45, 2.75) is 65.7 Å². The standard InChI is InChI=1S/C36H34F3N3O4/c1-6-27-18-29(32-30(41-27)16-21(2)22(3)40-32)33(43)42(20-28-14-15-31(46-28)36(37,38)39)19-23-10-12-24(13-11-23)25-8-7-9-26(17-25)35(4,5)34(44)45/h7-18H,6,19-20H2,1-5H3,(H,44,45). The number of aryl methyl sites for hydroxylation is 3. The van der Waals surface area contributed by atoms with Crippen LogP contribution in [0, 0.1) is 13.8 Å². The Hall–Kier alpha value is -4.99. The van der Waals surface area contributed by atoms with E-state index in [4.69, 9.17) is 4.42 Å². The maximum Gasteiger partial charge on any atom is 0.449 e. The fourth-order valence-corrected chi connectivity index (χ4v) is 5.15. The van der Waals surface area contributed by atoms with Gasteiger partial charge in [0.2, 0.25) is 5.76 Å². The van der Waals surface area contributed by atoms with E-state index in [1.165, 1.54) is 11.0 Å². The predicted molar refractivity (Wildman–Crippen MR) is 168 cm³/mol. The van der Waals surface area contributed by atoms with Gasteiger partial charge in [-0.25, -0.2) is 0 Å². The van der Waals surface area contributed by atoms with Gasteiger partial charge >= 0.3 is 12.1 Å². The molecule has 0 radical (unpaired) electrons. The second-order valence-electron chi connectivity index (χ2n) is 11.9. The lowest BCUT2D eigenvalue weighted by molar-refractivity contribution is -0.153. The number of aliphatic carboxylic acids is 1. The van der Waals surface area contributed by atoms with Gasteiger partial charge in [-0.3, -0.25) is 19.6 Å². The maximum absolute atomic E-state index is 14.3. The summed E-state index contributed by atoms with van der Waals surface area (Å²) in [7, 11) is 0. The molecule has 5 aromatic rings. The molecule has 0 saturated carbocycles. The van der Waals surface area contributed by atoms with Crippen molar-refractivity contribution in [3.8, 4) is 11.1 Å². The van der Waals surface area contributed by atoms with Crippen molar-refractivity contribution in [2.24, 2.45) is 0 Å². The molecule has 3 heterocycles. The lowest BCUT2D eigenvalue weighted by Gasteiger charge is -2.23. The maximum atomic E-state index is 14.3. The van der Waals surface area contributed by atoms with E-state index in [1.54, 1.807) is 26.0 Å². The number of nitrogens with zero attached hydrogens (tertiary/aromatic N) is 3. The number of aromatic nitrogens is 2. The minimum Gasteiger partial charge on any atom is -0.481 e. The van der Waals surface area contributed by atoms with Crippen molar-refractivity contribution >= 4 is 22.9 Å². The van der Waals surface area contributed by atoms with E-state index >= 15 is 0 Å². The molecule has 5 rings (SSSR count). The number of carbonyl (C=O) groups is 2. The van der Waals surface area contributed by atoms with Gasteiger partial charge < -0.3 is 14.4 Å². The molecule has 3 aromatic heterocycles. The van der Waals surface area contributed by atoms with Crippen molar-refractivity contribution in [3.63, 3.8) is 0 Å². The monoisotopic (exact) mass is 629 g/mol. The number of hydrogen-bond donors (Lipinski definition) is 1. The third kappa shape index (κ3) is 6.66. The number of fused-ring (bicyclic) bond motifs is 1. The number of pyridine rings is 2. The van der Waals surface area contributed by atoms with E-state index in [0.717, 1.165) is 34.0 Å². The van der Waals surface area contributed by atoms with Gasteiger partial charge in [0, 0.05) is 17.9 Å². The number of halogens is 3. The molecule has 0 spiro atoms. The van der Waals surface area contributed by atoms with Gasteiger partial charge in [0.15, 0.2) is 0 Å². The first kappa shape index (κ1) is 32.4. The number of hydrogen-bond acceptors (Lipinski definition) is 5. The highest BCUT2D eigenvalue weighted by Gasteiger charge is 2.35. The third-order valence-corrected chi connectivity index (χ3v) is 8.22. The SMILES string of the molecule is CCc1cc(C(=O)N(Cc2ccc(-c3cccc(C(C)(C)C(=O)O)c3)cc2)Cc2ccc(C(F)(F)F)o2)c2nc(C)c(C)cc2n1. The predicted octanol–water partition coefficient (Wildman–Crippen LogP) is 8.29. The summed E-state index contributed by atoms with van der Waals surface area (Å²) < 4.78 is 45.1. The summed E-state index contributed by atoms with van der Waals surface area (Å²) in [5, 5.41) is 9.66. The second-order valence-corrected chi connectivity index (χ2v) is 11.9. The normalized spacial score (nSPS) is 12.0. The molecule has 0 fully saturated rings. The number of benzene rings is 2. The highest BCUT2D eigenvalue weighted by molar-refractivity contribution is 6.04. The van der Waals surface area contributed by atoms with Crippen LogP contribution in [0.25, 0.3) is 22.2 Å². The molecule has 0 aliphatic carbocycles. The first-order chi connectivity index (χ1) is 21.7. The molecule has 0 aliphatic rings. The quantitative estimate of drug-likeness (QED) is 0.176. The second kappa shape index (κ2) is 12.4. The highest BCUT2D eigenvalue weighted by Crippen LogP contribution is 2.32. The fourth-order valence-electron chi connectivity index (χ4n) is 5.15. The molecule has 238 valence electrons. The molecule has 0 saturated heterocycles. The smallest absolute Gasteiger partial charge is 0.449 e. The number of carboxylic acid groups (broad SMARTS) is 1. The molecule has 0 aliphatic heterocycles. The van der Waals surface area contributed by atoms with Crippen LogP contribution in [0.15, 0.2) is 77.2 Å². The number of alkyl halides is 3. The summed E-state index contributed by atoms with van der Waals surface area (Å²) >= 11 is 0. The van der Waals surface area contributed by atoms with Gasteiger partial charge in [0.05, 0.1) is 23.0 Å². The minimum absolute atomic E-state index is 0.00999. The van der Waals surface area contributed by atoms with E-state index in [9.17, 15) is 27.9 Å². The number of carbonyl (C=O) groups excluding carboxylic acids is 1. The van der Waals surface area contributed by atoms with Crippen LogP contribution in [0.4, 0.5) is 13.2 Å². The van der Waals surface area contributed by atoms with Gasteiger partial charge in [-0.15, -0.1) is 0 Å². The lowest BCUT2D eigenvalue weighted by atomic mass is 9.83. The van der Waals surface area contributed by atoms with Gasteiger partial charge in [0.25, 0.3) is 5.91 Å². The zero-order valence-electron chi connectivity index (χ0n) is 26.2. The number of amides is 1. The first-order valence-corrected chi connectivity index (χ1v) is 14.8. The van der Waals surface area contributed by atoms with Crippen molar-refractivity contribution in [1.82, 2.24) is 14.9 Å². The Labute approximate surface area is 264 Å². The van der Waals surface area contributed by atoms with E-state index < -0.39 is 29.2 Å². The fraction of sp³-hybridized carbons (Fsp3) is 0.278. The van der Waals surface area contributed by atoms with E-state index in [2.05, 4.69) is 9.97 Å². The van der Waals surface area contributed by atoms with Crippen LogP contribution < -0.4 is 0 Å². The van der Waals surface area contributed by atoms with Crippen LogP contribution in [0.1, 0.15) is 70.7 Å². The van der Waals surface area contributed by atoms with Crippen molar-refractivity contribution in [2.75, 3.05) is 0 Å². The van der Waals surface area contributed by atoms with Crippen LogP contribution in [0.3, 0.4) is 0 Å². The molecule has 0 atom stereocenters. The molecule has 0 unspecified atom stereocenters. The molecule has 1 amide bonds. The summed E-state index contributed by atoms with van der Waals surface area (Å²) in [4.78, 5) is 36.8. The van der Waals surface area contributed by atoms with Gasteiger partial charge in [-0.2, -0.15) is 13.2 Å². The Bertz CT molecular complexity index is 1930. The number of rotatable bonds is 9. The third-order valence-electron chi connectivity index (χ3n) is 8.22. The number of carboxylic acids is 1. The molecule has 1 N–H and O–H groups in total. The Morgan fingerprint density at radius 3 is 2.24 bits per heavy atom. The molecular weight excluding hydrogens is 595 g/mol. The molecule has 10 heteroatoms. The van der Waals surface area contributed by atoms with Crippen LogP contribution in [-0.4, -0.2) is 31.9 Å². The molecule has 7 nitrogen and oxygen atoms in total. The summed E-state index contributed by atoms with van der Waals surface area (Å²) in [6.07, 6.45) is -4.08. The van der Waals surface area contributed by atoms with Crippen LogP contribution in [-0.2, 0) is 35.9 Å². The summed E-state index contributed by atoms with van der Waals surface area (Å²) in [5.41, 5.74) is 5.64. The van der Waals surface area contributed by atoms with E-state index in [0.29, 0.717) is 34.3 Å². The van der Waals surface area contributed by atoms with Crippen molar-refractivity contribution in [3.05, 3.63) is 118 Å². The largest absolute Gasteiger partial charge is 0.481 e. The Kier molecular flexibility index (Phi) is 8.75. The molecule has 46 heavy (non-hydrogen) atoms. The summed E-state index contributed by atoms with van der Waals surface area (Å²) in [6.45, 7) is 8.84. The zero-order chi connectivity index (χ0) is 33.4. The highest BCUT2D eigenvalue weighted by atomic mass is 19.4. The van der Waals surface area contributed by atoms with Gasteiger partial charge in [-0.05, 0) is 86.2 Å². The Morgan fingerprint density at radius 2 is 1.61 bits per heavy atom. The molecule has 2 aromatic carbocycles. The Balaban J connectivity index is 1.51. The van der Waals surface area contributed by atoms with E-state index in [-0.39, 0.29) is 18.8 Å². The van der Waals surface area contributed by atoms with Crippen LogP contribution >= 0.6 is 0 Å². The molecular formula is C36H34F3N3O4. The summed E-state index contributed by atoms with van der Waals surface area (Å²) in [5.74, 6) is -2.50. The van der Waals surface area contributed by atoms with Gasteiger partial charge in [0.1, 0.15) is 11.3 Å². The minimum atomic E-state index is -4.66. The van der Waals surface area contributed by atoms with Crippen molar-refractivity contribution < 1.29 is 32.3 Å². The first-order valence-electron chi connectivity index (χ1n) is 14.8. The lowest BCUT2D eigenvalue weighted by Crippen LogP contribution is -2.30. The summed E-state index contributed by atoms with van der Waals surface area (Å²) in [6, 6.07) is 20.4. The number of furan rings is 1. The average molecular weight is 630 g/mol. The van der Waals surface area contributed by atoms with Crippen LogP contribution in [0.2, 0.25) is 0 Å². The van der Waals surface area contributed by atoms with Crippen LogP contribution in [0.5, 0.6) is 0 Å². The van der Waals surface area contributed by atoms with Crippen molar-refractivity contribution in [1.29, 1.82) is 0 Å². The molecule has 0 bridgehead atoms. The van der Waals surface area contributed by atoms with Gasteiger partial charge in [-0.1, -0.05) is 55.5 Å². The Morgan fingerprint density at radius 1 is 0.891 bits per heavy atom. The zero-order valence-corrected chi connectivity index (χ0v) is 26.2. The topological polar surface area (TPSA) is 96.5 Å². The van der Waals surface area contributed by atoms with E-state index in [1.807, 2.05) is 69.3 Å². The average Bonchev–Trinajstić information content (AvgIpc) is 3.50.